The highest BCUT2D eigenvalue weighted by atomic mass is 35.5. The lowest BCUT2D eigenvalue weighted by Gasteiger charge is -2.16. The molecule has 0 aliphatic rings. The van der Waals surface area contributed by atoms with Crippen molar-refractivity contribution in [1.29, 1.82) is 0 Å². The highest BCUT2D eigenvalue weighted by Crippen LogP contribution is 2.29. The summed E-state index contributed by atoms with van der Waals surface area (Å²) in [7, 11) is 0. The van der Waals surface area contributed by atoms with Gasteiger partial charge in [0.2, 0.25) is 0 Å². The summed E-state index contributed by atoms with van der Waals surface area (Å²) in [6, 6.07) is 20.1. The van der Waals surface area contributed by atoms with E-state index < -0.39 is 0 Å². The highest BCUT2D eigenvalue weighted by Gasteiger charge is 2.10. The molecule has 0 aliphatic heterocycles. The standard InChI is InChI=1S/C22H24ClNO3/c23-21-8-4-2-6-18(21)16-27-22-10-9-17-5-1-3-7-19(17)20(22)15-24-11-13-26-14-12-25/h1-10,24-25H,11-16H2. The van der Waals surface area contributed by atoms with E-state index in [1.165, 1.54) is 5.39 Å². The van der Waals surface area contributed by atoms with Gasteiger partial charge in [0.1, 0.15) is 12.4 Å². The Hall–Kier alpha value is -2.11. The van der Waals surface area contributed by atoms with E-state index in [1.807, 2.05) is 42.5 Å². The molecule has 0 bridgehead atoms. The van der Waals surface area contributed by atoms with Crippen LogP contribution in [0.1, 0.15) is 11.1 Å². The molecule has 4 nitrogen and oxygen atoms in total. The maximum absolute atomic E-state index is 8.76. The third-order valence-corrected chi connectivity index (χ3v) is 4.67. The summed E-state index contributed by atoms with van der Waals surface area (Å²) in [6.07, 6.45) is 0. The van der Waals surface area contributed by atoms with Gasteiger partial charge in [-0.05, 0) is 22.9 Å². The summed E-state index contributed by atoms with van der Waals surface area (Å²) in [5, 5.41) is 15.2. The summed E-state index contributed by atoms with van der Waals surface area (Å²) < 4.78 is 11.4. The Morgan fingerprint density at radius 3 is 2.59 bits per heavy atom. The van der Waals surface area contributed by atoms with Crippen molar-refractivity contribution in [3.63, 3.8) is 0 Å². The Bertz CT molecular complexity index is 869. The van der Waals surface area contributed by atoms with Gasteiger partial charge < -0.3 is 19.9 Å². The predicted molar refractivity (Wildman–Crippen MR) is 109 cm³/mol. The second-order valence-corrected chi connectivity index (χ2v) is 6.56. The molecule has 0 fully saturated rings. The zero-order chi connectivity index (χ0) is 18.9. The average molecular weight is 386 g/mol. The molecule has 142 valence electrons. The van der Waals surface area contributed by atoms with Gasteiger partial charge in [-0.2, -0.15) is 0 Å². The number of benzene rings is 3. The van der Waals surface area contributed by atoms with Crippen LogP contribution in [-0.2, 0) is 17.9 Å². The predicted octanol–water partition coefficient (Wildman–Crippen LogP) is 4.17. The first-order valence-electron chi connectivity index (χ1n) is 9.05. The Morgan fingerprint density at radius 1 is 0.926 bits per heavy atom. The fraction of sp³-hybridized carbons (Fsp3) is 0.273. The van der Waals surface area contributed by atoms with E-state index >= 15 is 0 Å². The van der Waals surface area contributed by atoms with Crippen molar-refractivity contribution in [1.82, 2.24) is 5.32 Å². The Morgan fingerprint density at radius 2 is 1.74 bits per heavy atom. The van der Waals surface area contributed by atoms with Gasteiger partial charge in [-0.25, -0.2) is 0 Å². The summed E-state index contributed by atoms with van der Waals surface area (Å²) in [6.45, 7) is 2.76. The zero-order valence-corrected chi connectivity index (χ0v) is 15.9. The Balaban J connectivity index is 1.74. The van der Waals surface area contributed by atoms with Gasteiger partial charge in [0.05, 0.1) is 19.8 Å². The smallest absolute Gasteiger partial charge is 0.124 e. The van der Waals surface area contributed by atoms with Crippen molar-refractivity contribution >= 4 is 22.4 Å². The first-order valence-corrected chi connectivity index (χ1v) is 9.43. The molecule has 0 atom stereocenters. The molecule has 0 spiro atoms. The van der Waals surface area contributed by atoms with Gasteiger partial charge in [-0.15, -0.1) is 0 Å². The van der Waals surface area contributed by atoms with E-state index in [0.29, 0.717) is 37.9 Å². The van der Waals surface area contributed by atoms with E-state index in [-0.39, 0.29) is 6.61 Å². The van der Waals surface area contributed by atoms with E-state index in [9.17, 15) is 0 Å². The van der Waals surface area contributed by atoms with Crippen LogP contribution in [0.2, 0.25) is 5.02 Å². The summed E-state index contributed by atoms with van der Waals surface area (Å²) in [5.41, 5.74) is 2.07. The number of aliphatic hydroxyl groups excluding tert-OH is 1. The van der Waals surface area contributed by atoms with E-state index in [2.05, 4.69) is 23.5 Å². The lowest BCUT2D eigenvalue weighted by atomic mass is 10.0. The van der Waals surface area contributed by atoms with Gasteiger partial charge in [0.25, 0.3) is 0 Å². The fourth-order valence-electron chi connectivity index (χ4n) is 2.93. The lowest BCUT2D eigenvalue weighted by Crippen LogP contribution is -2.20. The van der Waals surface area contributed by atoms with Crippen LogP contribution >= 0.6 is 11.6 Å². The summed E-state index contributed by atoms with van der Waals surface area (Å²) in [4.78, 5) is 0. The van der Waals surface area contributed by atoms with Gasteiger partial charge >= 0.3 is 0 Å². The van der Waals surface area contributed by atoms with Crippen LogP contribution in [0.15, 0.2) is 60.7 Å². The molecule has 0 unspecified atom stereocenters. The van der Waals surface area contributed by atoms with E-state index in [4.69, 9.17) is 26.2 Å². The minimum Gasteiger partial charge on any atom is -0.488 e. The molecule has 3 aromatic rings. The second kappa shape index (κ2) is 10.3. The first-order chi connectivity index (χ1) is 13.3. The van der Waals surface area contributed by atoms with Gasteiger partial charge in [0.15, 0.2) is 0 Å². The van der Waals surface area contributed by atoms with Gasteiger partial charge in [0, 0.05) is 29.2 Å². The zero-order valence-electron chi connectivity index (χ0n) is 15.2. The highest BCUT2D eigenvalue weighted by molar-refractivity contribution is 6.31. The molecule has 0 saturated carbocycles. The van der Waals surface area contributed by atoms with Crippen LogP contribution in [0.25, 0.3) is 10.8 Å². The van der Waals surface area contributed by atoms with Crippen LogP contribution in [0.5, 0.6) is 5.75 Å². The van der Waals surface area contributed by atoms with E-state index in [0.717, 1.165) is 22.3 Å². The van der Waals surface area contributed by atoms with Crippen molar-refractivity contribution < 1.29 is 14.6 Å². The molecule has 0 saturated heterocycles. The molecular formula is C22H24ClNO3. The Labute approximate surface area is 164 Å². The number of fused-ring (bicyclic) bond motifs is 1. The first kappa shape index (κ1) is 19.6. The van der Waals surface area contributed by atoms with Gasteiger partial charge in [-0.1, -0.05) is 60.1 Å². The molecule has 5 heteroatoms. The summed E-state index contributed by atoms with van der Waals surface area (Å²) >= 11 is 6.25. The quantitative estimate of drug-likeness (QED) is 0.514. The molecule has 3 aromatic carbocycles. The molecular weight excluding hydrogens is 362 g/mol. The molecule has 0 aromatic heterocycles. The molecule has 0 radical (unpaired) electrons. The summed E-state index contributed by atoms with van der Waals surface area (Å²) in [5.74, 6) is 0.845. The third-order valence-electron chi connectivity index (χ3n) is 4.30. The largest absolute Gasteiger partial charge is 0.488 e. The number of aliphatic hydroxyl groups is 1. The number of hydrogen-bond acceptors (Lipinski definition) is 4. The van der Waals surface area contributed by atoms with Crippen LogP contribution in [0.3, 0.4) is 0 Å². The number of halogens is 1. The van der Waals surface area contributed by atoms with E-state index in [1.54, 1.807) is 0 Å². The Kier molecular flexibility index (Phi) is 7.48. The van der Waals surface area contributed by atoms with Crippen LogP contribution in [-0.4, -0.2) is 31.5 Å². The molecule has 2 N–H and O–H groups in total. The maximum Gasteiger partial charge on any atom is 0.124 e. The molecule has 0 aliphatic carbocycles. The fourth-order valence-corrected chi connectivity index (χ4v) is 3.12. The molecule has 0 amide bonds. The average Bonchev–Trinajstić information content (AvgIpc) is 2.70. The normalized spacial score (nSPS) is 11.0. The maximum atomic E-state index is 8.76. The number of ether oxygens (including phenoxy) is 2. The molecule has 3 rings (SSSR count). The van der Waals surface area contributed by atoms with Crippen molar-refractivity contribution in [2.24, 2.45) is 0 Å². The van der Waals surface area contributed by atoms with Crippen LogP contribution < -0.4 is 10.1 Å². The number of nitrogens with one attached hydrogen (secondary N) is 1. The van der Waals surface area contributed by atoms with Gasteiger partial charge in [-0.3, -0.25) is 0 Å². The van der Waals surface area contributed by atoms with Crippen molar-refractivity contribution in [2.45, 2.75) is 13.2 Å². The lowest BCUT2D eigenvalue weighted by molar-refractivity contribution is 0.0938. The number of rotatable bonds is 10. The topological polar surface area (TPSA) is 50.7 Å². The third kappa shape index (κ3) is 5.44. The monoisotopic (exact) mass is 385 g/mol. The SMILES string of the molecule is OCCOCCNCc1c(OCc2ccccc2Cl)ccc2ccccc12. The minimum atomic E-state index is 0.0450. The van der Waals surface area contributed by atoms with Crippen molar-refractivity contribution in [2.75, 3.05) is 26.4 Å². The minimum absolute atomic E-state index is 0.0450. The molecule has 27 heavy (non-hydrogen) atoms. The van der Waals surface area contributed by atoms with Crippen LogP contribution in [0, 0.1) is 0 Å². The van der Waals surface area contributed by atoms with Crippen molar-refractivity contribution in [3.05, 3.63) is 76.8 Å². The van der Waals surface area contributed by atoms with Crippen molar-refractivity contribution in [3.8, 4) is 5.75 Å². The second-order valence-electron chi connectivity index (χ2n) is 6.16. The van der Waals surface area contributed by atoms with Crippen LogP contribution in [0.4, 0.5) is 0 Å². The number of hydrogen-bond donors (Lipinski definition) is 2. The molecule has 0 heterocycles.